The van der Waals surface area contributed by atoms with Crippen LogP contribution in [0.3, 0.4) is 0 Å². The zero-order chi connectivity index (χ0) is 14.9. The SMILES string of the molecule is CCCCN1c2nccc[n+]2CC1(O)c1ccc(Cl)cc1.[Br-]. The van der Waals surface area contributed by atoms with E-state index in [1.807, 2.05) is 46.0 Å². The molecule has 3 rings (SSSR count). The molecule has 2 aromatic rings. The normalized spacial score (nSPS) is 19.7. The van der Waals surface area contributed by atoms with Crippen molar-refractivity contribution in [3.63, 3.8) is 0 Å². The molecule has 6 heteroatoms. The van der Waals surface area contributed by atoms with Crippen LogP contribution in [-0.4, -0.2) is 16.6 Å². The van der Waals surface area contributed by atoms with Crippen LogP contribution in [0.4, 0.5) is 5.95 Å². The number of anilines is 1. The fraction of sp³-hybridized carbons (Fsp3) is 0.375. The molecule has 1 aromatic carbocycles. The van der Waals surface area contributed by atoms with E-state index >= 15 is 0 Å². The Labute approximate surface area is 146 Å². The van der Waals surface area contributed by atoms with Gasteiger partial charge in [0.05, 0.1) is 12.7 Å². The molecule has 0 saturated carbocycles. The molecule has 2 heterocycles. The number of aromatic nitrogens is 2. The standard InChI is InChI=1S/C16H19ClN3O.BrH/c1-2-3-11-20-15-18-9-4-10-19(15)12-16(20,21)13-5-7-14(17)8-6-13;/h4-10,21H,2-3,11-12H2,1H3;1H/q+1;/p-1. The number of fused-ring (bicyclic) bond motifs is 1. The Hall–Kier alpha value is -1.17. The van der Waals surface area contributed by atoms with Crippen LogP contribution in [0, 0.1) is 0 Å². The Morgan fingerprint density at radius 1 is 1.36 bits per heavy atom. The Bertz CT molecular complexity index is 638. The predicted molar refractivity (Wildman–Crippen MR) is 82.0 cm³/mol. The van der Waals surface area contributed by atoms with Crippen molar-refractivity contribution >= 4 is 17.5 Å². The monoisotopic (exact) mass is 383 g/mol. The van der Waals surface area contributed by atoms with E-state index in [1.165, 1.54) is 0 Å². The summed E-state index contributed by atoms with van der Waals surface area (Å²) in [5.74, 6) is 0.809. The highest BCUT2D eigenvalue weighted by atomic mass is 79.9. The number of nitrogens with zero attached hydrogens (tertiary/aromatic N) is 3. The number of rotatable bonds is 4. The van der Waals surface area contributed by atoms with E-state index in [9.17, 15) is 5.11 Å². The maximum atomic E-state index is 11.3. The molecule has 0 spiro atoms. The molecule has 1 unspecified atom stereocenters. The average Bonchev–Trinajstić information content (AvgIpc) is 2.78. The highest BCUT2D eigenvalue weighted by Gasteiger charge is 2.50. The number of aliphatic hydroxyl groups is 1. The second kappa shape index (κ2) is 6.94. The third kappa shape index (κ3) is 2.98. The Balaban J connectivity index is 0.00000176. The third-order valence-electron chi connectivity index (χ3n) is 3.92. The van der Waals surface area contributed by atoms with E-state index in [4.69, 9.17) is 11.6 Å². The van der Waals surface area contributed by atoms with Gasteiger partial charge in [-0.05, 0) is 18.6 Å². The van der Waals surface area contributed by atoms with Crippen LogP contribution in [0.1, 0.15) is 25.3 Å². The molecular weight excluding hydrogens is 366 g/mol. The summed E-state index contributed by atoms with van der Waals surface area (Å²) in [6, 6.07) is 9.28. The van der Waals surface area contributed by atoms with Crippen molar-refractivity contribution in [1.82, 2.24) is 4.98 Å². The van der Waals surface area contributed by atoms with Gasteiger partial charge in [-0.2, -0.15) is 0 Å². The first-order valence-electron chi connectivity index (χ1n) is 7.25. The highest BCUT2D eigenvalue weighted by Crippen LogP contribution is 2.34. The summed E-state index contributed by atoms with van der Waals surface area (Å²) in [5.41, 5.74) is -0.227. The van der Waals surface area contributed by atoms with Gasteiger partial charge in [0.15, 0.2) is 0 Å². The Kier molecular flexibility index (Phi) is 5.42. The molecule has 0 radical (unpaired) electrons. The van der Waals surface area contributed by atoms with Gasteiger partial charge in [0.25, 0.3) is 0 Å². The van der Waals surface area contributed by atoms with Gasteiger partial charge < -0.3 is 22.1 Å². The second-order valence-electron chi connectivity index (χ2n) is 5.38. The molecule has 0 fully saturated rings. The molecule has 22 heavy (non-hydrogen) atoms. The highest BCUT2D eigenvalue weighted by molar-refractivity contribution is 6.30. The Morgan fingerprint density at radius 2 is 2.09 bits per heavy atom. The van der Waals surface area contributed by atoms with Gasteiger partial charge in [-0.1, -0.05) is 42.1 Å². The summed E-state index contributed by atoms with van der Waals surface area (Å²) >= 11 is 5.96. The number of benzene rings is 1. The van der Waals surface area contributed by atoms with E-state index < -0.39 is 5.72 Å². The number of hydrogen-bond acceptors (Lipinski definition) is 3. The maximum absolute atomic E-state index is 11.3. The van der Waals surface area contributed by atoms with Crippen molar-refractivity contribution < 1.29 is 26.7 Å². The predicted octanol–water partition coefficient (Wildman–Crippen LogP) is -0.508. The largest absolute Gasteiger partial charge is 1.00 e. The molecule has 0 aliphatic carbocycles. The van der Waals surface area contributed by atoms with Crippen molar-refractivity contribution in [2.45, 2.75) is 32.0 Å². The lowest BCUT2D eigenvalue weighted by Gasteiger charge is -2.28. The van der Waals surface area contributed by atoms with Crippen LogP contribution in [0.25, 0.3) is 0 Å². The molecule has 0 amide bonds. The van der Waals surface area contributed by atoms with E-state index in [2.05, 4.69) is 11.9 Å². The van der Waals surface area contributed by atoms with Gasteiger partial charge >= 0.3 is 5.95 Å². The van der Waals surface area contributed by atoms with Crippen molar-refractivity contribution in [1.29, 1.82) is 0 Å². The average molecular weight is 385 g/mol. The number of unbranched alkanes of at least 4 members (excludes halogenated alkanes) is 1. The minimum atomic E-state index is -1.07. The van der Waals surface area contributed by atoms with Crippen LogP contribution in [0.5, 0.6) is 0 Å². The van der Waals surface area contributed by atoms with Crippen LogP contribution in [0.2, 0.25) is 5.02 Å². The van der Waals surface area contributed by atoms with E-state index in [-0.39, 0.29) is 17.0 Å². The van der Waals surface area contributed by atoms with Crippen molar-refractivity contribution in [2.24, 2.45) is 0 Å². The fourth-order valence-electron chi connectivity index (χ4n) is 2.79. The fourth-order valence-corrected chi connectivity index (χ4v) is 2.92. The molecule has 1 aromatic heterocycles. The first-order chi connectivity index (χ1) is 10.1. The minimum Gasteiger partial charge on any atom is -1.00 e. The number of hydrogen-bond donors (Lipinski definition) is 1. The van der Waals surface area contributed by atoms with Crippen LogP contribution < -0.4 is 26.4 Å². The smallest absolute Gasteiger partial charge is 0.396 e. The van der Waals surface area contributed by atoms with Gasteiger partial charge in [0.1, 0.15) is 12.7 Å². The molecule has 0 bridgehead atoms. The summed E-state index contributed by atoms with van der Waals surface area (Å²) < 4.78 is 1.99. The number of halogens is 2. The second-order valence-corrected chi connectivity index (χ2v) is 5.81. The van der Waals surface area contributed by atoms with Crippen molar-refractivity contribution in [2.75, 3.05) is 11.4 Å². The molecule has 4 nitrogen and oxygen atoms in total. The molecule has 1 atom stereocenters. The van der Waals surface area contributed by atoms with E-state index in [0.717, 1.165) is 30.9 Å². The summed E-state index contributed by atoms with van der Waals surface area (Å²) in [4.78, 5) is 6.42. The lowest BCUT2D eigenvalue weighted by Crippen LogP contribution is -3.00. The van der Waals surface area contributed by atoms with Crippen molar-refractivity contribution in [3.8, 4) is 0 Å². The maximum Gasteiger partial charge on any atom is 0.396 e. The molecule has 1 aliphatic heterocycles. The molecule has 118 valence electrons. The van der Waals surface area contributed by atoms with Crippen LogP contribution in [-0.2, 0) is 12.3 Å². The molecule has 1 N–H and O–H groups in total. The molecular formula is C16H19BrClN3O. The molecule has 1 aliphatic rings. The van der Waals surface area contributed by atoms with Gasteiger partial charge in [-0.15, -0.1) is 0 Å². The summed E-state index contributed by atoms with van der Waals surface area (Å²) in [6.45, 7) is 3.39. The van der Waals surface area contributed by atoms with Gasteiger partial charge in [0, 0.05) is 16.7 Å². The van der Waals surface area contributed by atoms with Crippen molar-refractivity contribution in [3.05, 3.63) is 53.3 Å². The first kappa shape index (κ1) is 17.2. The van der Waals surface area contributed by atoms with E-state index in [1.54, 1.807) is 6.20 Å². The van der Waals surface area contributed by atoms with Gasteiger partial charge in [0.2, 0.25) is 5.72 Å². The van der Waals surface area contributed by atoms with Crippen LogP contribution in [0.15, 0.2) is 42.7 Å². The lowest BCUT2D eigenvalue weighted by molar-refractivity contribution is -0.685. The third-order valence-corrected chi connectivity index (χ3v) is 4.17. The minimum absolute atomic E-state index is 0. The lowest BCUT2D eigenvalue weighted by atomic mass is 10.0. The topological polar surface area (TPSA) is 40.2 Å². The summed E-state index contributed by atoms with van der Waals surface area (Å²) in [6.07, 6.45) is 5.79. The Morgan fingerprint density at radius 3 is 2.77 bits per heavy atom. The van der Waals surface area contributed by atoms with E-state index in [0.29, 0.717) is 11.6 Å². The quantitative estimate of drug-likeness (QED) is 0.722. The zero-order valence-corrected chi connectivity index (χ0v) is 14.8. The summed E-state index contributed by atoms with van der Waals surface area (Å²) in [5, 5.41) is 12.0. The van der Waals surface area contributed by atoms with Crippen LogP contribution >= 0.6 is 11.6 Å². The zero-order valence-electron chi connectivity index (χ0n) is 12.4. The first-order valence-corrected chi connectivity index (χ1v) is 7.63. The van der Waals surface area contributed by atoms with Gasteiger partial charge in [-0.25, -0.2) is 9.47 Å². The molecule has 0 saturated heterocycles. The summed E-state index contributed by atoms with van der Waals surface area (Å²) in [7, 11) is 0. The van der Waals surface area contributed by atoms with Gasteiger partial charge in [-0.3, -0.25) is 0 Å².